The third-order valence-electron chi connectivity index (χ3n) is 3.07. The van der Waals surface area contributed by atoms with E-state index in [9.17, 15) is 4.39 Å². The SMILES string of the molecule is CCCNC(Cc1ccc(F)cc1Br)c1csc(C)n1. The van der Waals surface area contributed by atoms with E-state index in [-0.39, 0.29) is 11.9 Å². The number of rotatable bonds is 6. The van der Waals surface area contributed by atoms with E-state index in [1.165, 1.54) is 12.1 Å². The molecule has 0 bridgehead atoms. The molecule has 2 rings (SSSR count). The lowest BCUT2D eigenvalue weighted by atomic mass is 10.0. The third kappa shape index (κ3) is 4.11. The lowest BCUT2D eigenvalue weighted by molar-refractivity contribution is 0.518. The topological polar surface area (TPSA) is 24.9 Å². The van der Waals surface area contributed by atoms with E-state index in [1.54, 1.807) is 11.3 Å². The Balaban J connectivity index is 2.18. The molecule has 0 aliphatic rings. The van der Waals surface area contributed by atoms with Crippen molar-refractivity contribution in [3.63, 3.8) is 0 Å². The maximum atomic E-state index is 13.2. The minimum atomic E-state index is -0.219. The van der Waals surface area contributed by atoms with Crippen molar-refractivity contribution in [2.24, 2.45) is 0 Å². The minimum Gasteiger partial charge on any atom is -0.308 e. The summed E-state index contributed by atoms with van der Waals surface area (Å²) >= 11 is 5.10. The molecule has 0 aliphatic heterocycles. The van der Waals surface area contributed by atoms with Gasteiger partial charge in [0.15, 0.2) is 0 Å². The zero-order valence-electron chi connectivity index (χ0n) is 11.6. The number of aryl methyl sites for hydroxylation is 1. The molecule has 0 aliphatic carbocycles. The second-order valence-electron chi connectivity index (χ2n) is 4.74. The zero-order chi connectivity index (χ0) is 14.5. The number of nitrogens with one attached hydrogen (secondary N) is 1. The van der Waals surface area contributed by atoms with Crippen molar-refractivity contribution in [2.45, 2.75) is 32.7 Å². The number of hydrogen-bond acceptors (Lipinski definition) is 3. The summed E-state index contributed by atoms with van der Waals surface area (Å²) in [4.78, 5) is 4.57. The van der Waals surface area contributed by atoms with Gasteiger partial charge in [0.25, 0.3) is 0 Å². The highest BCUT2D eigenvalue weighted by molar-refractivity contribution is 9.10. The minimum absolute atomic E-state index is 0.168. The molecule has 0 amide bonds. The highest BCUT2D eigenvalue weighted by atomic mass is 79.9. The smallest absolute Gasteiger partial charge is 0.124 e. The van der Waals surface area contributed by atoms with Gasteiger partial charge in [-0.05, 0) is 44.0 Å². The summed E-state index contributed by atoms with van der Waals surface area (Å²) in [5.41, 5.74) is 2.16. The molecule has 1 atom stereocenters. The van der Waals surface area contributed by atoms with Crippen molar-refractivity contribution >= 4 is 27.3 Å². The Bertz CT molecular complexity index is 571. The van der Waals surface area contributed by atoms with Crippen molar-refractivity contribution < 1.29 is 4.39 Å². The van der Waals surface area contributed by atoms with Crippen LogP contribution in [0.5, 0.6) is 0 Å². The van der Waals surface area contributed by atoms with Crippen LogP contribution in [0.25, 0.3) is 0 Å². The molecular formula is C15H18BrFN2S. The van der Waals surface area contributed by atoms with Gasteiger partial charge in [-0.3, -0.25) is 0 Å². The summed E-state index contributed by atoms with van der Waals surface area (Å²) in [6, 6.07) is 5.02. The predicted octanol–water partition coefficient (Wildman–Crippen LogP) is 4.64. The Labute approximate surface area is 131 Å². The fourth-order valence-corrected chi connectivity index (χ4v) is 3.23. The first-order chi connectivity index (χ1) is 9.60. The average Bonchev–Trinajstić information content (AvgIpc) is 2.83. The molecule has 1 aromatic carbocycles. The third-order valence-corrected chi connectivity index (χ3v) is 4.60. The fraction of sp³-hybridized carbons (Fsp3) is 0.400. The molecule has 0 fully saturated rings. The lowest BCUT2D eigenvalue weighted by Gasteiger charge is -2.17. The Morgan fingerprint density at radius 2 is 2.25 bits per heavy atom. The first-order valence-electron chi connectivity index (χ1n) is 6.69. The van der Waals surface area contributed by atoms with Gasteiger partial charge in [-0.2, -0.15) is 0 Å². The van der Waals surface area contributed by atoms with Crippen molar-refractivity contribution in [2.75, 3.05) is 6.54 Å². The number of halogens is 2. The molecule has 2 aromatic rings. The quantitative estimate of drug-likeness (QED) is 0.815. The Hall–Kier alpha value is -0.780. The summed E-state index contributed by atoms with van der Waals surface area (Å²) in [5.74, 6) is -0.219. The molecule has 0 saturated carbocycles. The maximum Gasteiger partial charge on any atom is 0.124 e. The van der Waals surface area contributed by atoms with Crippen LogP contribution in [-0.2, 0) is 6.42 Å². The van der Waals surface area contributed by atoms with Gasteiger partial charge in [0.2, 0.25) is 0 Å². The van der Waals surface area contributed by atoms with E-state index in [0.717, 1.165) is 40.1 Å². The van der Waals surface area contributed by atoms with Crippen molar-refractivity contribution in [1.82, 2.24) is 10.3 Å². The van der Waals surface area contributed by atoms with Crippen LogP contribution in [0.15, 0.2) is 28.1 Å². The van der Waals surface area contributed by atoms with Crippen LogP contribution in [0, 0.1) is 12.7 Å². The highest BCUT2D eigenvalue weighted by Crippen LogP contribution is 2.25. The van der Waals surface area contributed by atoms with Gasteiger partial charge in [0.1, 0.15) is 5.82 Å². The van der Waals surface area contributed by atoms with Crippen molar-refractivity contribution in [3.8, 4) is 0 Å². The van der Waals surface area contributed by atoms with Gasteiger partial charge < -0.3 is 5.32 Å². The van der Waals surface area contributed by atoms with Gasteiger partial charge >= 0.3 is 0 Å². The van der Waals surface area contributed by atoms with Crippen molar-refractivity contribution in [1.29, 1.82) is 0 Å². The normalized spacial score (nSPS) is 12.6. The van der Waals surface area contributed by atoms with Gasteiger partial charge in [0, 0.05) is 9.85 Å². The van der Waals surface area contributed by atoms with E-state index in [2.05, 4.69) is 38.5 Å². The summed E-state index contributed by atoms with van der Waals surface area (Å²) in [6.45, 7) is 5.10. The highest BCUT2D eigenvalue weighted by Gasteiger charge is 2.16. The van der Waals surface area contributed by atoms with Gasteiger partial charge in [-0.1, -0.05) is 28.9 Å². The Morgan fingerprint density at radius 1 is 1.45 bits per heavy atom. The molecule has 0 spiro atoms. The second kappa shape index (κ2) is 7.29. The lowest BCUT2D eigenvalue weighted by Crippen LogP contribution is -2.24. The molecule has 0 radical (unpaired) electrons. The number of hydrogen-bond donors (Lipinski definition) is 1. The summed E-state index contributed by atoms with van der Waals surface area (Å²) < 4.78 is 14.0. The van der Waals surface area contributed by atoms with Crippen LogP contribution in [0.4, 0.5) is 4.39 Å². The van der Waals surface area contributed by atoms with Crippen LogP contribution in [0.3, 0.4) is 0 Å². The van der Waals surface area contributed by atoms with E-state index < -0.39 is 0 Å². The monoisotopic (exact) mass is 356 g/mol. The summed E-state index contributed by atoms with van der Waals surface area (Å²) in [5, 5.41) is 6.69. The molecular weight excluding hydrogens is 339 g/mol. The molecule has 20 heavy (non-hydrogen) atoms. The average molecular weight is 357 g/mol. The van der Waals surface area contributed by atoms with Gasteiger partial charge in [-0.15, -0.1) is 11.3 Å². The maximum absolute atomic E-state index is 13.2. The summed E-state index contributed by atoms with van der Waals surface area (Å²) in [6.07, 6.45) is 1.87. The number of aromatic nitrogens is 1. The standard InChI is InChI=1S/C15H18BrFN2S/c1-3-6-18-14(15-9-20-10(2)19-15)7-11-4-5-12(17)8-13(11)16/h4-5,8-9,14,18H,3,6-7H2,1-2H3. The molecule has 5 heteroatoms. The van der Waals surface area contributed by atoms with Gasteiger partial charge in [0.05, 0.1) is 16.7 Å². The molecule has 108 valence electrons. The Morgan fingerprint density at radius 3 is 2.85 bits per heavy atom. The van der Waals surface area contributed by atoms with E-state index >= 15 is 0 Å². The molecule has 1 heterocycles. The number of thiazole rings is 1. The largest absolute Gasteiger partial charge is 0.308 e. The summed E-state index contributed by atoms with van der Waals surface area (Å²) in [7, 11) is 0. The van der Waals surface area contributed by atoms with Crippen LogP contribution in [0.1, 0.15) is 35.7 Å². The first kappa shape index (κ1) is 15.6. The zero-order valence-corrected chi connectivity index (χ0v) is 14.0. The number of nitrogens with zero attached hydrogens (tertiary/aromatic N) is 1. The van der Waals surface area contributed by atoms with E-state index in [4.69, 9.17) is 0 Å². The second-order valence-corrected chi connectivity index (χ2v) is 6.65. The van der Waals surface area contributed by atoms with E-state index in [1.807, 2.05) is 13.0 Å². The Kier molecular flexibility index (Phi) is 5.69. The van der Waals surface area contributed by atoms with Crippen LogP contribution >= 0.6 is 27.3 Å². The van der Waals surface area contributed by atoms with Crippen LogP contribution in [0.2, 0.25) is 0 Å². The molecule has 0 saturated heterocycles. The molecule has 1 unspecified atom stereocenters. The predicted molar refractivity (Wildman–Crippen MR) is 85.7 cm³/mol. The van der Waals surface area contributed by atoms with Crippen molar-refractivity contribution in [3.05, 3.63) is 50.1 Å². The molecule has 1 N–H and O–H groups in total. The van der Waals surface area contributed by atoms with Crippen LogP contribution in [-0.4, -0.2) is 11.5 Å². The number of benzene rings is 1. The molecule has 2 nitrogen and oxygen atoms in total. The van der Waals surface area contributed by atoms with Crippen LogP contribution < -0.4 is 5.32 Å². The first-order valence-corrected chi connectivity index (χ1v) is 8.36. The van der Waals surface area contributed by atoms with E-state index in [0.29, 0.717) is 0 Å². The molecule has 1 aromatic heterocycles. The van der Waals surface area contributed by atoms with Gasteiger partial charge in [-0.25, -0.2) is 9.37 Å². The fourth-order valence-electron chi connectivity index (χ4n) is 2.05.